The molecule has 0 bridgehead atoms. The highest BCUT2D eigenvalue weighted by molar-refractivity contribution is 4.84. The van der Waals surface area contributed by atoms with Crippen molar-refractivity contribution in [2.24, 2.45) is 17.3 Å². The van der Waals surface area contributed by atoms with Gasteiger partial charge in [-0.1, -0.05) is 53.4 Å². The first kappa shape index (κ1) is 15.0. The van der Waals surface area contributed by atoms with Gasteiger partial charge in [-0.05, 0) is 43.1 Å². The standard InChI is InChI=1S/C16H33N/c1-5-16(4,13-17-12-14(2)3)15-10-8-6-7-9-11-15/h14-15,17H,5-13H2,1-4H3. The van der Waals surface area contributed by atoms with Gasteiger partial charge in [0.25, 0.3) is 0 Å². The molecule has 1 heteroatoms. The molecule has 0 saturated heterocycles. The highest BCUT2D eigenvalue weighted by atomic mass is 14.9. The van der Waals surface area contributed by atoms with E-state index in [4.69, 9.17) is 0 Å². The van der Waals surface area contributed by atoms with Crippen LogP contribution in [0.5, 0.6) is 0 Å². The van der Waals surface area contributed by atoms with Crippen molar-refractivity contribution in [3.63, 3.8) is 0 Å². The third-order valence-corrected chi connectivity index (χ3v) is 4.73. The number of nitrogens with one attached hydrogen (secondary N) is 1. The molecule has 0 aliphatic heterocycles. The fourth-order valence-corrected chi connectivity index (χ4v) is 3.18. The van der Waals surface area contributed by atoms with Gasteiger partial charge in [0.15, 0.2) is 0 Å². The molecular weight excluding hydrogens is 206 g/mol. The molecule has 1 fully saturated rings. The summed E-state index contributed by atoms with van der Waals surface area (Å²) < 4.78 is 0. The maximum absolute atomic E-state index is 3.69. The van der Waals surface area contributed by atoms with E-state index in [1.165, 1.54) is 58.0 Å². The zero-order chi connectivity index (χ0) is 12.7. The molecule has 102 valence electrons. The highest BCUT2D eigenvalue weighted by Crippen LogP contribution is 2.39. The second kappa shape index (κ2) is 7.41. The molecule has 1 aliphatic rings. The number of rotatable bonds is 6. The molecule has 0 radical (unpaired) electrons. The maximum atomic E-state index is 3.69. The molecule has 0 aromatic heterocycles. The van der Waals surface area contributed by atoms with Gasteiger partial charge in [-0.15, -0.1) is 0 Å². The zero-order valence-corrected chi connectivity index (χ0v) is 12.5. The minimum Gasteiger partial charge on any atom is -0.316 e. The fourth-order valence-electron chi connectivity index (χ4n) is 3.18. The predicted molar refractivity (Wildman–Crippen MR) is 77.3 cm³/mol. The Morgan fingerprint density at radius 3 is 2.18 bits per heavy atom. The molecule has 1 aliphatic carbocycles. The molecule has 1 rings (SSSR count). The minimum absolute atomic E-state index is 0.527. The van der Waals surface area contributed by atoms with Gasteiger partial charge in [-0.25, -0.2) is 0 Å². The van der Waals surface area contributed by atoms with Crippen molar-refractivity contribution >= 4 is 0 Å². The average molecular weight is 239 g/mol. The average Bonchev–Trinajstić information content (AvgIpc) is 2.57. The van der Waals surface area contributed by atoms with E-state index < -0.39 is 0 Å². The molecule has 0 spiro atoms. The Kier molecular flexibility index (Phi) is 6.54. The quantitative estimate of drug-likeness (QED) is 0.667. The van der Waals surface area contributed by atoms with Gasteiger partial charge in [-0.2, -0.15) is 0 Å². The van der Waals surface area contributed by atoms with Crippen molar-refractivity contribution < 1.29 is 0 Å². The Hall–Kier alpha value is -0.0400. The molecule has 0 heterocycles. The lowest BCUT2D eigenvalue weighted by Crippen LogP contribution is -2.39. The topological polar surface area (TPSA) is 12.0 Å². The summed E-state index contributed by atoms with van der Waals surface area (Å²) >= 11 is 0. The molecule has 1 nitrogen and oxygen atoms in total. The Balaban J connectivity index is 2.46. The van der Waals surface area contributed by atoms with Crippen molar-refractivity contribution in [2.75, 3.05) is 13.1 Å². The molecule has 1 saturated carbocycles. The number of hydrogen-bond donors (Lipinski definition) is 1. The van der Waals surface area contributed by atoms with Crippen LogP contribution in [0.25, 0.3) is 0 Å². The maximum Gasteiger partial charge on any atom is 0.000782 e. The molecule has 1 atom stereocenters. The van der Waals surface area contributed by atoms with E-state index in [0.29, 0.717) is 5.41 Å². The first-order valence-corrected chi connectivity index (χ1v) is 7.79. The molecule has 0 amide bonds. The number of hydrogen-bond acceptors (Lipinski definition) is 1. The largest absolute Gasteiger partial charge is 0.316 e. The Labute approximate surface area is 109 Å². The molecule has 0 aromatic rings. The van der Waals surface area contributed by atoms with Crippen molar-refractivity contribution in [1.82, 2.24) is 5.32 Å². The van der Waals surface area contributed by atoms with E-state index >= 15 is 0 Å². The third-order valence-electron chi connectivity index (χ3n) is 4.73. The van der Waals surface area contributed by atoms with E-state index in [-0.39, 0.29) is 0 Å². The van der Waals surface area contributed by atoms with Gasteiger partial charge in [-0.3, -0.25) is 0 Å². The highest BCUT2D eigenvalue weighted by Gasteiger charge is 2.32. The second-order valence-electron chi connectivity index (χ2n) is 6.72. The smallest absolute Gasteiger partial charge is 0.000782 e. The van der Waals surface area contributed by atoms with Gasteiger partial charge < -0.3 is 5.32 Å². The van der Waals surface area contributed by atoms with E-state index in [0.717, 1.165) is 11.8 Å². The SMILES string of the molecule is CCC(C)(CNCC(C)C)C1CCCCCC1. The van der Waals surface area contributed by atoms with Crippen LogP contribution in [0.1, 0.15) is 72.6 Å². The summed E-state index contributed by atoms with van der Waals surface area (Å²) in [5.41, 5.74) is 0.527. The van der Waals surface area contributed by atoms with Crippen molar-refractivity contribution in [3.8, 4) is 0 Å². The van der Waals surface area contributed by atoms with Crippen LogP contribution in [0.2, 0.25) is 0 Å². The summed E-state index contributed by atoms with van der Waals surface area (Å²) in [4.78, 5) is 0. The fraction of sp³-hybridized carbons (Fsp3) is 1.00. The van der Waals surface area contributed by atoms with E-state index in [2.05, 4.69) is 33.0 Å². The van der Waals surface area contributed by atoms with Crippen LogP contribution >= 0.6 is 0 Å². The van der Waals surface area contributed by atoms with Crippen LogP contribution in [0.15, 0.2) is 0 Å². The molecule has 0 aromatic carbocycles. The Morgan fingerprint density at radius 1 is 1.12 bits per heavy atom. The van der Waals surface area contributed by atoms with Gasteiger partial charge in [0, 0.05) is 6.54 Å². The van der Waals surface area contributed by atoms with Crippen molar-refractivity contribution in [3.05, 3.63) is 0 Å². The predicted octanol–water partition coefficient (Wildman–Crippen LogP) is 4.62. The summed E-state index contributed by atoms with van der Waals surface area (Å²) in [6.45, 7) is 11.9. The summed E-state index contributed by atoms with van der Waals surface area (Å²) in [5.74, 6) is 1.72. The molecule has 1 N–H and O–H groups in total. The van der Waals surface area contributed by atoms with E-state index in [1.807, 2.05) is 0 Å². The van der Waals surface area contributed by atoms with E-state index in [9.17, 15) is 0 Å². The Morgan fingerprint density at radius 2 is 1.71 bits per heavy atom. The normalized spacial score (nSPS) is 22.4. The molecule has 17 heavy (non-hydrogen) atoms. The zero-order valence-electron chi connectivity index (χ0n) is 12.5. The summed E-state index contributed by atoms with van der Waals surface area (Å²) in [6.07, 6.45) is 10.1. The van der Waals surface area contributed by atoms with Crippen LogP contribution < -0.4 is 5.32 Å². The summed E-state index contributed by atoms with van der Waals surface area (Å²) in [7, 11) is 0. The van der Waals surface area contributed by atoms with Gasteiger partial charge >= 0.3 is 0 Å². The van der Waals surface area contributed by atoms with Crippen molar-refractivity contribution in [2.45, 2.75) is 72.6 Å². The second-order valence-corrected chi connectivity index (χ2v) is 6.72. The van der Waals surface area contributed by atoms with Gasteiger partial charge in [0.2, 0.25) is 0 Å². The first-order chi connectivity index (χ1) is 8.08. The lowest BCUT2D eigenvalue weighted by Gasteiger charge is -2.37. The Bertz CT molecular complexity index is 192. The van der Waals surface area contributed by atoms with Crippen LogP contribution in [-0.4, -0.2) is 13.1 Å². The third kappa shape index (κ3) is 4.99. The van der Waals surface area contributed by atoms with Crippen LogP contribution in [-0.2, 0) is 0 Å². The minimum atomic E-state index is 0.527. The van der Waals surface area contributed by atoms with Crippen LogP contribution in [0.4, 0.5) is 0 Å². The summed E-state index contributed by atoms with van der Waals surface area (Å²) in [6, 6.07) is 0. The molecule has 1 unspecified atom stereocenters. The van der Waals surface area contributed by atoms with E-state index in [1.54, 1.807) is 0 Å². The van der Waals surface area contributed by atoms with Crippen LogP contribution in [0, 0.1) is 17.3 Å². The lowest BCUT2D eigenvalue weighted by atomic mass is 9.71. The first-order valence-electron chi connectivity index (χ1n) is 7.79. The van der Waals surface area contributed by atoms with Gasteiger partial charge in [0.1, 0.15) is 0 Å². The molecular formula is C16H33N. The van der Waals surface area contributed by atoms with Crippen LogP contribution in [0.3, 0.4) is 0 Å². The monoisotopic (exact) mass is 239 g/mol. The lowest BCUT2D eigenvalue weighted by molar-refractivity contribution is 0.150. The van der Waals surface area contributed by atoms with Gasteiger partial charge in [0.05, 0.1) is 0 Å². The van der Waals surface area contributed by atoms with Crippen molar-refractivity contribution in [1.29, 1.82) is 0 Å². The summed E-state index contributed by atoms with van der Waals surface area (Å²) in [5, 5.41) is 3.69.